The Labute approximate surface area is 86.9 Å². The topological polar surface area (TPSA) is 88.1 Å². The van der Waals surface area contributed by atoms with Gasteiger partial charge in [0.1, 0.15) is 0 Å². The van der Waals surface area contributed by atoms with Crippen molar-refractivity contribution in [2.45, 2.75) is 12.5 Å². The van der Waals surface area contributed by atoms with Crippen molar-refractivity contribution in [3.63, 3.8) is 0 Å². The summed E-state index contributed by atoms with van der Waals surface area (Å²) in [7, 11) is 1.61. The number of urea groups is 1. The van der Waals surface area contributed by atoms with Crippen molar-refractivity contribution in [1.82, 2.24) is 10.4 Å². The molecule has 2 N–H and O–H groups in total. The highest BCUT2D eigenvalue weighted by Gasteiger charge is 2.24. The first-order valence-electron chi connectivity index (χ1n) is 4.55. The number of aliphatic carboxylic acids is 1. The number of amides is 2. The maximum atomic E-state index is 11.4. The maximum Gasteiger partial charge on any atom is 0.341 e. The highest BCUT2D eigenvalue weighted by molar-refractivity contribution is 5.73. The minimum absolute atomic E-state index is 0.0263. The molecule has 0 aliphatic carbocycles. The zero-order valence-corrected chi connectivity index (χ0v) is 8.43. The van der Waals surface area contributed by atoms with Gasteiger partial charge in [0.15, 0.2) is 6.61 Å². The fourth-order valence-electron chi connectivity index (χ4n) is 1.22. The van der Waals surface area contributed by atoms with Crippen LogP contribution in [0.1, 0.15) is 6.42 Å². The van der Waals surface area contributed by atoms with Crippen molar-refractivity contribution in [3.8, 4) is 0 Å². The molecule has 0 aromatic heterocycles. The Morgan fingerprint density at radius 1 is 1.67 bits per heavy atom. The van der Waals surface area contributed by atoms with E-state index in [1.165, 1.54) is 4.90 Å². The third-order valence-corrected chi connectivity index (χ3v) is 2.13. The molecule has 0 aromatic carbocycles. The number of hydrogen-bond donors (Lipinski definition) is 2. The number of ether oxygens (including phenoxy) is 1. The number of carbonyl (C=O) groups excluding carboxylic acids is 1. The average molecular weight is 218 g/mol. The van der Waals surface area contributed by atoms with Crippen LogP contribution in [0.15, 0.2) is 0 Å². The van der Waals surface area contributed by atoms with Gasteiger partial charge in [0.05, 0.1) is 12.6 Å². The van der Waals surface area contributed by atoms with Gasteiger partial charge in [-0.2, -0.15) is 0 Å². The molecular formula is C8H14N2O5. The van der Waals surface area contributed by atoms with Crippen LogP contribution in [-0.4, -0.2) is 54.9 Å². The molecule has 1 unspecified atom stereocenters. The summed E-state index contributed by atoms with van der Waals surface area (Å²) in [5.41, 5.74) is 2.04. The first-order valence-corrected chi connectivity index (χ1v) is 4.55. The number of carbonyl (C=O) groups is 2. The molecule has 0 bridgehead atoms. The van der Waals surface area contributed by atoms with Gasteiger partial charge in [-0.25, -0.2) is 15.1 Å². The molecule has 1 rings (SSSR count). The molecule has 1 aliphatic rings. The van der Waals surface area contributed by atoms with Gasteiger partial charge >= 0.3 is 12.0 Å². The van der Waals surface area contributed by atoms with Crippen LogP contribution < -0.4 is 5.48 Å². The summed E-state index contributed by atoms with van der Waals surface area (Å²) < 4.78 is 5.11. The van der Waals surface area contributed by atoms with E-state index in [2.05, 4.69) is 4.84 Å². The SMILES string of the molecule is CN(C(=O)NOCC(=O)O)C1CCOC1. The molecular weight excluding hydrogens is 204 g/mol. The van der Waals surface area contributed by atoms with Crippen LogP contribution >= 0.6 is 0 Å². The van der Waals surface area contributed by atoms with Crippen molar-refractivity contribution in [1.29, 1.82) is 0 Å². The summed E-state index contributed by atoms with van der Waals surface area (Å²) >= 11 is 0. The Hall–Kier alpha value is -1.34. The number of hydroxylamine groups is 1. The first kappa shape index (κ1) is 11.7. The van der Waals surface area contributed by atoms with Crippen LogP contribution in [0.4, 0.5) is 4.79 Å². The Kier molecular flexibility index (Phi) is 4.32. The van der Waals surface area contributed by atoms with Gasteiger partial charge in [-0.15, -0.1) is 0 Å². The van der Waals surface area contributed by atoms with Gasteiger partial charge in [-0.3, -0.25) is 4.84 Å². The van der Waals surface area contributed by atoms with E-state index in [9.17, 15) is 9.59 Å². The molecule has 15 heavy (non-hydrogen) atoms. The molecule has 1 atom stereocenters. The highest BCUT2D eigenvalue weighted by Crippen LogP contribution is 2.10. The smallest absolute Gasteiger partial charge is 0.341 e. The largest absolute Gasteiger partial charge is 0.479 e. The Morgan fingerprint density at radius 2 is 2.40 bits per heavy atom. The van der Waals surface area contributed by atoms with Crippen LogP contribution in [0.5, 0.6) is 0 Å². The summed E-state index contributed by atoms with van der Waals surface area (Å²) in [6, 6.07) is -0.440. The van der Waals surface area contributed by atoms with Crippen LogP contribution in [0.25, 0.3) is 0 Å². The van der Waals surface area contributed by atoms with Gasteiger partial charge in [0, 0.05) is 13.7 Å². The summed E-state index contributed by atoms with van der Waals surface area (Å²) in [5, 5.41) is 8.27. The predicted octanol–water partition coefficient (Wildman–Crippen LogP) is -0.567. The lowest BCUT2D eigenvalue weighted by Gasteiger charge is -2.22. The minimum atomic E-state index is -1.14. The van der Waals surface area contributed by atoms with Crippen molar-refractivity contribution in [2.75, 3.05) is 26.9 Å². The van der Waals surface area contributed by atoms with E-state index in [1.807, 2.05) is 5.48 Å². The van der Waals surface area contributed by atoms with E-state index in [-0.39, 0.29) is 6.04 Å². The van der Waals surface area contributed by atoms with Gasteiger partial charge in [0.2, 0.25) is 0 Å². The fraction of sp³-hybridized carbons (Fsp3) is 0.750. The normalized spacial score (nSPS) is 19.9. The molecule has 1 aliphatic heterocycles. The lowest BCUT2D eigenvalue weighted by Crippen LogP contribution is -2.44. The zero-order valence-electron chi connectivity index (χ0n) is 8.43. The van der Waals surface area contributed by atoms with Crippen LogP contribution in [0.2, 0.25) is 0 Å². The third-order valence-electron chi connectivity index (χ3n) is 2.13. The number of carboxylic acids is 1. The van der Waals surface area contributed by atoms with E-state index in [0.29, 0.717) is 13.2 Å². The Morgan fingerprint density at radius 3 is 2.93 bits per heavy atom. The van der Waals surface area contributed by atoms with Crippen LogP contribution in [-0.2, 0) is 14.4 Å². The van der Waals surface area contributed by atoms with Gasteiger partial charge in [-0.1, -0.05) is 0 Å². The van der Waals surface area contributed by atoms with Gasteiger partial charge in [-0.05, 0) is 6.42 Å². The number of nitrogens with one attached hydrogen (secondary N) is 1. The van der Waals surface area contributed by atoms with E-state index >= 15 is 0 Å². The summed E-state index contributed by atoms with van der Waals surface area (Å²) in [5.74, 6) is -1.14. The molecule has 0 radical (unpaired) electrons. The van der Waals surface area contributed by atoms with Gasteiger partial charge in [0.25, 0.3) is 0 Å². The predicted molar refractivity (Wildman–Crippen MR) is 49.1 cm³/mol. The number of rotatable bonds is 4. The molecule has 1 saturated heterocycles. The summed E-state index contributed by atoms with van der Waals surface area (Å²) in [6.07, 6.45) is 0.781. The quantitative estimate of drug-likeness (QED) is 0.617. The molecule has 1 heterocycles. The van der Waals surface area contributed by atoms with E-state index < -0.39 is 18.6 Å². The molecule has 86 valence electrons. The molecule has 2 amide bonds. The van der Waals surface area contributed by atoms with E-state index in [0.717, 1.165) is 6.42 Å². The fourth-order valence-corrected chi connectivity index (χ4v) is 1.22. The average Bonchev–Trinajstić information content (AvgIpc) is 2.68. The molecule has 1 fully saturated rings. The van der Waals surface area contributed by atoms with Crippen molar-refractivity contribution >= 4 is 12.0 Å². The van der Waals surface area contributed by atoms with Gasteiger partial charge < -0.3 is 14.7 Å². The second kappa shape index (κ2) is 5.52. The molecule has 0 spiro atoms. The summed E-state index contributed by atoms with van der Waals surface area (Å²) in [4.78, 5) is 27.3. The highest BCUT2D eigenvalue weighted by atomic mass is 16.7. The third kappa shape index (κ3) is 3.72. The second-order valence-corrected chi connectivity index (χ2v) is 3.22. The van der Waals surface area contributed by atoms with E-state index in [4.69, 9.17) is 9.84 Å². The number of likely N-dealkylation sites (N-methyl/N-ethyl adjacent to an activating group) is 1. The number of hydrogen-bond acceptors (Lipinski definition) is 4. The monoisotopic (exact) mass is 218 g/mol. The molecule has 7 nitrogen and oxygen atoms in total. The van der Waals surface area contributed by atoms with Crippen LogP contribution in [0.3, 0.4) is 0 Å². The summed E-state index contributed by atoms with van der Waals surface area (Å²) in [6.45, 7) is 0.585. The minimum Gasteiger partial charge on any atom is -0.479 e. The second-order valence-electron chi connectivity index (χ2n) is 3.22. The standard InChI is InChI=1S/C8H14N2O5/c1-10(6-2-3-14-4-6)8(13)9-15-5-7(11)12/h6H,2-5H2,1H3,(H,9,13)(H,11,12). The Balaban J connectivity index is 2.23. The molecule has 7 heteroatoms. The number of carboxylic acid groups (broad SMARTS) is 1. The lowest BCUT2D eigenvalue weighted by atomic mass is 10.2. The van der Waals surface area contributed by atoms with Crippen LogP contribution in [0, 0.1) is 0 Å². The lowest BCUT2D eigenvalue weighted by molar-refractivity contribution is -0.144. The molecule has 0 saturated carbocycles. The zero-order chi connectivity index (χ0) is 11.3. The van der Waals surface area contributed by atoms with Crippen molar-refractivity contribution in [2.24, 2.45) is 0 Å². The first-order chi connectivity index (χ1) is 7.11. The van der Waals surface area contributed by atoms with Crippen molar-refractivity contribution in [3.05, 3.63) is 0 Å². The van der Waals surface area contributed by atoms with E-state index in [1.54, 1.807) is 7.05 Å². The molecule has 0 aromatic rings. The number of nitrogens with zero attached hydrogens (tertiary/aromatic N) is 1. The Bertz CT molecular complexity index is 239. The van der Waals surface area contributed by atoms with Crippen molar-refractivity contribution < 1.29 is 24.3 Å². The maximum absolute atomic E-state index is 11.4.